The number of carbonyl (C=O) groups is 1. The molecule has 2 aromatic carbocycles. The van der Waals surface area contributed by atoms with Gasteiger partial charge in [-0.2, -0.15) is 18.4 Å². The van der Waals surface area contributed by atoms with Crippen molar-refractivity contribution in [1.82, 2.24) is 20.6 Å². The molecule has 5 rings (SSSR count). The van der Waals surface area contributed by atoms with Crippen molar-refractivity contribution in [2.24, 2.45) is 0 Å². The fraction of sp³-hybridized carbons (Fsp3) is 0.500. The zero-order valence-corrected chi connectivity index (χ0v) is 22.7. The van der Waals surface area contributed by atoms with E-state index in [0.29, 0.717) is 19.4 Å². The van der Waals surface area contributed by atoms with E-state index < -0.39 is 30.5 Å². The molecule has 1 aliphatic carbocycles. The maximum absolute atomic E-state index is 13.7. The number of H-pyrrole nitrogens is 1. The molecule has 2 aliphatic rings. The van der Waals surface area contributed by atoms with Gasteiger partial charge < -0.3 is 9.64 Å². The molecule has 1 aromatic heterocycles. The summed E-state index contributed by atoms with van der Waals surface area (Å²) in [6.07, 6.45) is -1.37. The van der Waals surface area contributed by atoms with Crippen molar-refractivity contribution in [1.29, 1.82) is 0 Å². The molecule has 12 heteroatoms. The van der Waals surface area contributed by atoms with Crippen LogP contribution in [0.2, 0.25) is 0 Å². The van der Waals surface area contributed by atoms with Crippen molar-refractivity contribution < 1.29 is 27.1 Å². The molecule has 0 saturated heterocycles. The lowest BCUT2D eigenvalue weighted by atomic mass is 9.91. The first-order chi connectivity index (χ1) is 19.1. The fourth-order valence-corrected chi connectivity index (χ4v) is 5.95. The van der Waals surface area contributed by atoms with Crippen LogP contribution in [0.5, 0.6) is 0 Å². The van der Waals surface area contributed by atoms with E-state index in [1.54, 1.807) is 23.6 Å². The number of hydrogen-bond donors (Lipinski definition) is 1. The van der Waals surface area contributed by atoms with Crippen LogP contribution in [-0.4, -0.2) is 39.4 Å². The number of ether oxygens (including phenoxy) is 1. The molecule has 0 bridgehead atoms. The topological polar surface area (TPSA) is 87.2 Å². The number of alkyl halides is 4. The Bertz CT molecular complexity index is 1380. The second kappa shape index (κ2) is 11.1. The number of amides is 1. The fourth-order valence-electron chi connectivity index (χ4n) is 5.95. The molecule has 1 unspecified atom stereocenters. The highest BCUT2D eigenvalue weighted by Gasteiger charge is 2.36. The van der Waals surface area contributed by atoms with Gasteiger partial charge in [-0.15, -0.1) is 5.10 Å². The molecule has 1 atom stereocenters. The Morgan fingerprint density at radius 1 is 1.18 bits per heavy atom. The third-order valence-corrected chi connectivity index (χ3v) is 7.57. The van der Waals surface area contributed by atoms with Gasteiger partial charge in [0.1, 0.15) is 6.67 Å². The van der Waals surface area contributed by atoms with Crippen molar-refractivity contribution in [3.8, 4) is 0 Å². The molecule has 3 aromatic rings. The number of nitrogens with zero attached hydrogens (tertiary/aromatic N) is 5. The van der Waals surface area contributed by atoms with E-state index >= 15 is 0 Å². The predicted molar refractivity (Wildman–Crippen MR) is 141 cm³/mol. The second-order valence-electron chi connectivity index (χ2n) is 10.7. The van der Waals surface area contributed by atoms with Crippen LogP contribution >= 0.6 is 0 Å². The van der Waals surface area contributed by atoms with E-state index in [0.717, 1.165) is 48.2 Å². The number of rotatable bonds is 6. The van der Waals surface area contributed by atoms with Gasteiger partial charge in [0.15, 0.2) is 0 Å². The molecule has 1 amide bonds. The summed E-state index contributed by atoms with van der Waals surface area (Å²) in [5, 5.41) is 14.5. The van der Waals surface area contributed by atoms with E-state index in [1.807, 2.05) is 6.92 Å². The van der Waals surface area contributed by atoms with Gasteiger partial charge in [-0.05, 0) is 104 Å². The molecule has 214 valence electrons. The number of tetrazole rings is 1. The number of anilines is 2. The predicted octanol–water partition coefficient (Wildman–Crippen LogP) is 6.38. The van der Waals surface area contributed by atoms with Gasteiger partial charge in [0.05, 0.1) is 23.4 Å². The van der Waals surface area contributed by atoms with Crippen LogP contribution < -0.4 is 9.80 Å². The minimum atomic E-state index is -4.62. The quantitative estimate of drug-likeness (QED) is 0.352. The number of fused-ring (bicyclic) bond motifs is 2. The number of halogens is 4. The van der Waals surface area contributed by atoms with Crippen molar-refractivity contribution in [2.45, 2.75) is 84.4 Å². The summed E-state index contributed by atoms with van der Waals surface area (Å²) in [5.41, 5.74) is 4.34. The van der Waals surface area contributed by atoms with Crippen LogP contribution in [0.25, 0.3) is 0 Å². The van der Waals surface area contributed by atoms with Crippen LogP contribution in [0.4, 0.5) is 34.0 Å². The van der Waals surface area contributed by atoms with Gasteiger partial charge in [-0.25, -0.2) is 9.18 Å². The van der Waals surface area contributed by atoms with E-state index in [-0.39, 0.29) is 29.7 Å². The Hall–Kier alpha value is -3.70. The van der Waals surface area contributed by atoms with Gasteiger partial charge in [-0.1, -0.05) is 17.2 Å². The molecule has 8 nitrogen and oxygen atoms in total. The first-order valence-electron chi connectivity index (χ1n) is 13.5. The molecule has 1 aliphatic heterocycles. The average Bonchev–Trinajstić information content (AvgIpc) is 3.56. The summed E-state index contributed by atoms with van der Waals surface area (Å²) in [7, 11) is 0. The van der Waals surface area contributed by atoms with Crippen LogP contribution in [0, 0.1) is 6.92 Å². The Labute approximate surface area is 229 Å². The Kier molecular flexibility index (Phi) is 7.70. The minimum absolute atomic E-state index is 0.0207. The summed E-state index contributed by atoms with van der Waals surface area (Å²) < 4.78 is 60.2. The molecule has 1 N–H and O–H groups in total. The SMILES string of the molecule is Cc1c2c(cc3c1N(C(=O)OC(C)C)CCCC3N(Cc1cc(CF)cc(C(F)(F)F)c1)c1nn[nH]n1)CCC2. The lowest BCUT2D eigenvalue weighted by Crippen LogP contribution is -2.35. The van der Waals surface area contributed by atoms with Crippen molar-refractivity contribution in [3.63, 3.8) is 0 Å². The average molecular weight is 561 g/mol. The molecule has 40 heavy (non-hydrogen) atoms. The molecule has 2 heterocycles. The van der Waals surface area contributed by atoms with Crippen LogP contribution in [0.1, 0.15) is 78.1 Å². The van der Waals surface area contributed by atoms with E-state index in [9.17, 15) is 22.4 Å². The Balaban J connectivity index is 1.64. The highest BCUT2D eigenvalue weighted by molar-refractivity contribution is 5.91. The largest absolute Gasteiger partial charge is 0.446 e. The van der Waals surface area contributed by atoms with Crippen molar-refractivity contribution >= 4 is 17.7 Å². The zero-order valence-electron chi connectivity index (χ0n) is 22.7. The maximum Gasteiger partial charge on any atom is 0.416 e. The molecule has 0 saturated carbocycles. The number of hydrogen-bond acceptors (Lipinski definition) is 6. The van der Waals surface area contributed by atoms with E-state index in [1.165, 1.54) is 17.2 Å². The third kappa shape index (κ3) is 5.48. The number of nitrogens with one attached hydrogen (secondary N) is 1. The number of aryl methyl sites for hydroxylation is 1. The van der Waals surface area contributed by atoms with Crippen LogP contribution in [0.15, 0.2) is 24.3 Å². The van der Waals surface area contributed by atoms with Gasteiger partial charge in [0.2, 0.25) is 0 Å². The highest BCUT2D eigenvalue weighted by atomic mass is 19.4. The second-order valence-corrected chi connectivity index (χ2v) is 10.7. The molecule has 0 fully saturated rings. The lowest BCUT2D eigenvalue weighted by molar-refractivity contribution is -0.137. The molecule has 0 radical (unpaired) electrons. The van der Waals surface area contributed by atoms with Crippen molar-refractivity contribution in [2.75, 3.05) is 16.3 Å². The minimum Gasteiger partial charge on any atom is -0.446 e. The van der Waals surface area contributed by atoms with Crippen LogP contribution in [-0.2, 0) is 37.0 Å². The van der Waals surface area contributed by atoms with Gasteiger partial charge in [0.25, 0.3) is 5.95 Å². The Morgan fingerprint density at radius 2 is 1.95 bits per heavy atom. The summed E-state index contributed by atoms with van der Waals surface area (Å²) in [6.45, 7) is 4.99. The summed E-state index contributed by atoms with van der Waals surface area (Å²) in [4.78, 5) is 16.8. The number of carbonyl (C=O) groups excluding carboxylic acids is 1. The normalized spacial score (nSPS) is 17.0. The van der Waals surface area contributed by atoms with E-state index in [4.69, 9.17) is 4.74 Å². The highest BCUT2D eigenvalue weighted by Crippen LogP contribution is 2.45. The van der Waals surface area contributed by atoms with Crippen molar-refractivity contribution in [3.05, 3.63) is 63.2 Å². The monoisotopic (exact) mass is 560 g/mol. The molecular formula is C28H32F4N6O2. The maximum atomic E-state index is 13.7. The number of aromatic nitrogens is 4. The first kappa shape index (κ1) is 27.9. The summed E-state index contributed by atoms with van der Waals surface area (Å²) in [5.74, 6) is 0.200. The number of aromatic amines is 1. The van der Waals surface area contributed by atoms with Crippen LogP contribution in [0.3, 0.4) is 0 Å². The lowest BCUT2D eigenvalue weighted by Gasteiger charge is -2.33. The van der Waals surface area contributed by atoms with Gasteiger partial charge in [0, 0.05) is 13.1 Å². The molecular weight excluding hydrogens is 528 g/mol. The smallest absolute Gasteiger partial charge is 0.416 e. The number of benzene rings is 2. The van der Waals surface area contributed by atoms with E-state index in [2.05, 4.69) is 26.7 Å². The third-order valence-electron chi connectivity index (χ3n) is 7.57. The zero-order chi connectivity index (χ0) is 28.6. The first-order valence-corrected chi connectivity index (χ1v) is 13.5. The van der Waals surface area contributed by atoms with Gasteiger partial charge in [-0.3, -0.25) is 4.90 Å². The summed E-state index contributed by atoms with van der Waals surface area (Å²) in [6, 6.07) is 5.01. The summed E-state index contributed by atoms with van der Waals surface area (Å²) >= 11 is 0. The standard InChI is InChI=1S/C28H32F4N6O2/c1-16(2)40-27(39)37-9-5-8-24(23-13-20-6-4-7-22(20)17(3)25(23)37)38(26-33-35-36-34-26)15-19-10-18(14-29)11-21(12-19)28(30,31)32/h10-13,16,24H,4-9,14-15H2,1-3H3,(H,33,34,35,36). The Morgan fingerprint density at radius 3 is 2.62 bits per heavy atom. The molecule has 0 spiro atoms. The van der Waals surface area contributed by atoms with Gasteiger partial charge >= 0.3 is 12.3 Å².